The highest BCUT2D eigenvalue weighted by atomic mass is 32.2. The maximum atomic E-state index is 13.7. The van der Waals surface area contributed by atoms with Crippen LogP contribution in [0, 0.1) is 0 Å². The third kappa shape index (κ3) is 5.35. The Kier molecular flexibility index (Phi) is 8.00. The van der Waals surface area contributed by atoms with E-state index in [-0.39, 0.29) is 23.7 Å². The highest BCUT2D eigenvalue weighted by molar-refractivity contribution is 7.89. The molecular formula is C23H27NO6S2. The molecule has 0 atom stereocenters. The van der Waals surface area contributed by atoms with Gasteiger partial charge in [-0.05, 0) is 47.7 Å². The summed E-state index contributed by atoms with van der Waals surface area (Å²) >= 11 is 1.51. The Balaban J connectivity index is 1.94. The molecule has 0 radical (unpaired) electrons. The molecule has 0 bridgehead atoms. The van der Waals surface area contributed by atoms with Crippen molar-refractivity contribution < 1.29 is 27.4 Å². The number of ether oxygens (including phenoxy) is 4. The number of sulfonamides is 1. The minimum Gasteiger partial charge on any atom is -0.497 e. The Bertz CT molecular complexity index is 1130. The molecule has 0 aliphatic carbocycles. The van der Waals surface area contributed by atoms with Gasteiger partial charge in [-0.1, -0.05) is 12.1 Å². The maximum Gasteiger partial charge on any atom is 0.247 e. The lowest BCUT2D eigenvalue weighted by molar-refractivity contribution is 0.354. The van der Waals surface area contributed by atoms with E-state index < -0.39 is 10.0 Å². The van der Waals surface area contributed by atoms with Gasteiger partial charge in [0.15, 0.2) is 11.5 Å². The van der Waals surface area contributed by atoms with E-state index in [4.69, 9.17) is 18.9 Å². The number of methoxy groups -OCH3 is 4. The van der Waals surface area contributed by atoms with Crippen molar-refractivity contribution in [1.82, 2.24) is 4.31 Å². The second-order valence-corrected chi connectivity index (χ2v) is 9.81. The van der Waals surface area contributed by atoms with Crippen molar-refractivity contribution >= 4 is 21.4 Å². The van der Waals surface area contributed by atoms with Crippen molar-refractivity contribution in [3.63, 3.8) is 0 Å². The smallest absolute Gasteiger partial charge is 0.247 e. The molecule has 0 saturated heterocycles. The first kappa shape index (κ1) is 23.9. The summed E-state index contributed by atoms with van der Waals surface area (Å²) in [6, 6.07) is 14.2. The van der Waals surface area contributed by atoms with Gasteiger partial charge in [-0.3, -0.25) is 0 Å². The molecule has 9 heteroatoms. The summed E-state index contributed by atoms with van der Waals surface area (Å²) in [7, 11) is 2.23. The zero-order chi connectivity index (χ0) is 23.1. The average Bonchev–Trinajstić information content (AvgIpc) is 3.34. The van der Waals surface area contributed by atoms with Crippen LogP contribution >= 0.6 is 11.3 Å². The second kappa shape index (κ2) is 10.7. The number of rotatable bonds is 11. The molecule has 0 spiro atoms. The molecule has 3 aromatic rings. The van der Waals surface area contributed by atoms with Gasteiger partial charge in [0.05, 0.1) is 28.4 Å². The first-order valence-electron chi connectivity index (χ1n) is 9.88. The molecule has 0 amide bonds. The zero-order valence-corrected chi connectivity index (χ0v) is 20.2. The van der Waals surface area contributed by atoms with Crippen molar-refractivity contribution in [2.75, 3.05) is 35.0 Å². The van der Waals surface area contributed by atoms with Gasteiger partial charge in [-0.2, -0.15) is 4.31 Å². The third-order valence-electron chi connectivity index (χ3n) is 5.00. The van der Waals surface area contributed by atoms with E-state index in [0.717, 1.165) is 10.4 Å². The molecule has 0 unspecified atom stereocenters. The number of hydrogen-bond acceptors (Lipinski definition) is 7. The molecule has 0 fully saturated rings. The second-order valence-electron chi connectivity index (χ2n) is 6.87. The lowest BCUT2D eigenvalue weighted by Gasteiger charge is -2.23. The predicted octanol–water partition coefficient (Wildman–Crippen LogP) is 4.22. The van der Waals surface area contributed by atoms with E-state index in [2.05, 4.69) is 0 Å². The number of hydrogen-bond donors (Lipinski definition) is 0. The number of thiophene rings is 1. The standard InChI is InChI=1S/C23H27NO6S2/c1-27-18-8-10-21(29-3)23(15-18)32(25,26)24(16-19-6-5-13-31-19)12-11-17-7-9-20(28-2)22(14-17)30-4/h5-10,13-15H,11-12,16H2,1-4H3. The van der Waals surface area contributed by atoms with Gasteiger partial charge in [0.1, 0.15) is 16.4 Å². The van der Waals surface area contributed by atoms with Gasteiger partial charge >= 0.3 is 0 Å². The normalized spacial score (nSPS) is 11.4. The third-order valence-corrected chi connectivity index (χ3v) is 7.73. The zero-order valence-electron chi connectivity index (χ0n) is 18.5. The van der Waals surface area contributed by atoms with Crippen LogP contribution in [-0.4, -0.2) is 47.7 Å². The van der Waals surface area contributed by atoms with Crippen LogP contribution in [0.2, 0.25) is 0 Å². The SMILES string of the molecule is COc1ccc(OC)c(S(=O)(=O)N(CCc2ccc(OC)c(OC)c2)Cc2cccs2)c1. The quantitative estimate of drug-likeness (QED) is 0.412. The Labute approximate surface area is 193 Å². The molecule has 3 rings (SSSR count). The fraction of sp³-hybridized carbons (Fsp3) is 0.304. The van der Waals surface area contributed by atoms with Gasteiger partial charge in [-0.15, -0.1) is 11.3 Å². The molecule has 0 aliphatic heterocycles. The van der Waals surface area contributed by atoms with Gasteiger partial charge < -0.3 is 18.9 Å². The Morgan fingerprint density at radius 3 is 2.19 bits per heavy atom. The molecular weight excluding hydrogens is 450 g/mol. The monoisotopic (exact) mass is 477 g/mol. The molecule has 1 aromatic heterocycles. The van der Waals surface area contributed by atoms with Gasteiger partial charge in [-0.25, -0.2) is 8.42 Å². The molecule has 2 aromatic carbocycles. The Morgan fingerprint density at radius 2 is 1.56 bits per heavy atom. The van der Waals surface area contributed by atoms with E-state index in [1.807, 2.05) is 35.7 Å². The summed E-state index contributed by atoms with van der Waals surface area (Å²) in [6.45, 7) is 0.531. The van der Waals surface area contributed by atoms with E-state index in [9.17, 15) is 8.42 Å². The van der Waals surface area contributed by atoms with Crippen molar-refractivity contribution in [2.45, 2.75) is 17.9 Å². The van der Waals surface area contributed by atoms with Crippen LogP contribution in [0.5, 0.6) is 23.0 Å². The van der Waals surface area contributed by atoms with E-state index in [0.29, 0.717) is 23.7 Å². The number of benzene rings is 2. The highest BCUT2D eigenvalue weighted by Gasteiger charge is 2.29. The fourth-order valence-electron chi connectivity index (χ4n) is 3.28. The van der Waals surface area contributed by atoms with Crippen molar-refractivity contribution in [2.24, 2.45) is 0 Å². The van der Waals surface area contributed by atoms with Crippen molar-refractivity contribution in [3.8, 4) is 23.0 Å². The molecule has 32 heavy (non-hydrogen) atoms. The largest absolute Gasteiger partial charge is 0.497 e. The minimum atomic E-state index is -3.87. The van der Waals surface area contributed by atoms with Crippen LogP contribution in [0.1, 0.15) is 10.4 Å². The van der Waals surface area contributed by atoms with Gasteiger partial charge in [0.2, 0.25) is 10.0 Å². The minimum absolute atomic E-state index is 0.0724. The van der Waals surface area contributed by atoms with Crippen LogP contribution in [0.15, 0.2) is 58.8 Å². The average molecular weight is 478 g/mol. The van der Waals surface area contributed by atoms with Crippen LogP contribution in [0.25, 0.3) is 0 Å². The molecule has 7 nitrogen and oxygen atoms in total. The molecule has 0 N–H and O–H groups in total. The van der Waals surface area contributed by atoms with Crippen LogP contribution in [0.3, 0.4) is 0 Å². The fourth-order valence-corrected chi connectivity index (χ4v) is 5.67. The Hall–Kier alpha value is -2.75. The lowest BCUT2D eigenvalue weighted by atomic mass is 10.1. The predicted molar refractivity (Wildman–Crippen MR) is 125 cm³/mol. The Morgan fingerprint density at radius 1 is 0.844 bits per heavy atom. The summed E-state index contributed by atoms with van der Waals surface area (Å²) in [5, 5.41) is 1.93. The molecule has 0 aliphatic rings. The first-order chi connectivity index (χ1) is 15.4. The summed E-state index contributed by atoms with van der Waals surface area (Å²) in [4.78, 5) is 1.02. The molecule has 1 heterocycles. The van der Waals surface area contributed by atoms with Crippen LogP contribution < -0.4 is 18.9 Å². The van der Waals surface area contributed by atoms with E-state index in [1.54, 1.807) is 26.4 Å². The van der Waals surface area contributed by atoms with Crippen molar-refractivity contribution in [3.05, 3.63) is 64.4 Å². The summed E-state index contributed by atoms with van der Waals surface area (Å²) in [5.74, 6) is 1.95. The maximum absolute atomic E-state index is 13.7. The topological polar surface area (TPSA) is 74.3 Å². The van der Waals surface area contributed by atoms with Crippen molar-refractivity contribution in [1.29, 1.82) is 0 Å². The number of nitrogens with zero attached hydrogens (tertiary/aromatic N) is 1. The van der Waals surface area contributed by atoms with Gasteiger partial charge in [0.25, 0.3) is 0 Å². The summed E-state index contributed by atoms with van der Waals surface area (Å²) < 4.78 is 50.1. The van der Waals surface area contributed by atoms with Gasteiger partial charge in [0, 0.05) is 24.0 Å². The molecule has 0 saturated carbocycles. The molecule has 172 valence electrons. The van der Waals surface area contributed by atoms with Crippen LogP contribution in [0.4, 0.5) is 0 Å². The first-order valence-corrected chi connectivity index (χ1v) is 12.2. The summed E-state index contributed by atoms with van der Waals surface area (Å²) in [6.07, 6.45) is 0.497. The summed E-state index contributed by atoms with van der Waals surface area (Å²) in [5.41, 5.74) is 0.937. The van der Waals surface area contributed by atoms with E-state index >= 15 is 0 Å². The highest BCUT2D eigenvalue weighted by Crippen LogP contribution is 2.32. The van der Waals surface area contributed by atoms with Crippen LogP contribution in [-0.2, 0) is 23.0 Å². The van der Waals surface area contributed by atoms with E-state index in [1.165, 1.54) is 35.9 Å². The lowest BCUT2D eigenvalue weighted by Crippen LogP contribution is -2.32.